The Hall–Kier alpha value is -3.10. The SMILES string of the molecule is C=CCOC(=O)C1=C(C)Nc2nc(SCc3ccccc3F)nn2C1c1ccc(Cl)cc1. The number of hydrogen-bond donors (Lipinski definition) is 1. The van der Waals surface area contributed by atoms with Crippen LogP contribution in [0.15, 0.2) is 77.6 Å². The average Bonchev–Trinajstić information content (AvgIpc) is 3.19. The second kappa shape index (κ2) is 9.58. The fraction of sp³-hybridized carbons (Fsp3) is 0.174. The number of allylic oxidation sites excluding steroid dienone is 1. The van der Waals surface area contributed by atoms with Crippen molar-refractivity contribution in [2.75, 3.05) is 11.9 Å². The van der Waals surface area contributed by atoms with Crippen LogP contribution in [-0.4, -0.2) is 27.3 Å². The molecule has 32 heavy (non-hydrogen) atoms. The number of benzene rings is 2. The summed E-state index contributed by atoms with van der Waals surface area (Å²) < 4.78 is 21.0. The lowest BCUT2D eigenvalue weighted by atomic mass is 9.96. The molecule has 0 spiro atoms. The van der Waals surface area contributed by atoms with Crippen molar-refractivity contribution in [3.05, 3.63) is 94.4 Å². The highest BCUT2D eigenvalue weighted by Gasteiger charge is 2.35. The van der Waals surface area contributed by atoms with Crippen LogP contribution in [0.4, 0.5) is 10.3 Å². The topological polar surface area (TPSA) is 69.0 Å². The molecule has 1 N–H and O–H groups in total. The fourth-order valence-corrected chi connectivity index (χ4v) is 4.32. The molecule has 2 aromatic carbocycles. The van der Waals surface area contributed by atoms with Gasteiger partial charge in [0.1, 0.15) is 18.5 Å². The van der Waals surface area contributed by atoms with Gasteiger partial charge in [0.25, 0.3) is 0 Å². The van der Waals surface area contributed by atoms with Crippen LogP contribution in [0.25, 0.3) is 0 Å². The summed E-state index contributed by atoms with van der Waals surface area (Å²) in [6.45, 7) is 5.48. The largest absolute Gasteiger partial charge is 0.458 e. The minimum atomic E-state index is -0.559. The van der Waals surface area contributed by atoms with E-state index in [0.29, 0.717) is 38.7 Å². The summed E-state index contributed by atoms with van der Waals surface area (Å²) in [6, 6.07) is 13.2. The first kappa shape index (κ1) is 22.1. The highest BCUT2D eigenvalue weighted by Crippen LogP contribution is 2.37. The molecule has 0 saturated heterocycles. The summed E-state index contributed by atoms with van der Waals surface area (Å²) in [6.07, 6.45) is 1.51. The van der Waals surface area contributed by atoms with Crippen molar-refractivity contribution in [1.82, 2.24) is 14.8 Å². The molecular formula is C23H20ClFN4O2S. The van der Waals surface area contributed by atoms with Crippen molar-refractivity contribution >= 4 is 35.3 Å². The number of nitrogens with one attached hydrogen (secondary N) is 1. The van der Waals surface area contributed by atoms with Crippen molar-refractivity contribution in [2.24, 2.45) is 0 Å². The van der Waals surface area contributed by atoms with Gasteiger partial charge >= 0.3 is 5.97 Å². The summed E-state index contributed by atoms with van der Waals surface area (Å²) in [4.78, 5) is 17.4. The number of anilines is 1. The molecule has 1 unspecified atom stereocenters. The van der Waals surface area contributed by atoms with Crippen LogP contribution in [-0.2, 0) is 15.3 Å². The fourth-order valence-electron chi connectivity index (χ4n) is 3.38. The van der Waals surface area contributed by atoms with Crippen LogP contribution >= 0.6 is 23.4 Å². The van der Waals surface area contributed by atoms with Gasteiger partial charge in [-0.1, -0.05) is 66.3 Å². The standard InChI is InChI=1S/C23H20ClFN4O2S/c1-3-12-31-21(30)19-14(2)26-22-27-23(32-13-16-6-4-5-7-18(16)25)28-29(22)20(19)15-8-10-17(24)11-9-15/h3-11,20H,1,12-13H2,2H3,(H,26,27,28). The zero-order valence-corrected chi connectivity index (χ0v) is 18.8. The molecule has 1 aliphatic rings. The second-order valence-electron chi connectivity index (χ2n) is 7.05. The quantitative estimate of drug-likeness (QED) is 0.284. The number of nitrogens with zero attached hydrogens (tertiary/aromatic N) is 3. The number of hydrogen-bond acceptors (Lipinski definition) is 6. The summed E-state index contributed by atoms with van der Waals surface area (Å²) in [5.41, 5.74) is 2.40. The van der Waals surface area contributed by atoms with Gasteiger partial charge < -0.3 is 10.1 Å². The van der Waals surface area contributed by atoms with Gasteiger partial charge in [-0.25, -0.2) is 13.9 Å². The Morgan fingerprint density at radius 2 is 2.06 bits per heavy atom. The van der Waals surface area contributed by atoms with E-state index in [0.717, 1.165) is 5.56 Å². The second-order valence-corrected chi connectivity index (χ2v) is 8.43. The molecule has 0 radical (unpaired) electrons. The number of ether oxygens (including phenoxy) is 1. The van der Waals surface area contributed by atoms with Gasteiger partial charge in [0.15, 0.2) is 0 Å². The molecule has 0 fully saturated rings. The third kappa shape index (κ3) is 4.56. The predicted octanol–water partition coefficient (Wildman–Crippen LogP) is 5.38. The molecule has 9 heteroatoms. The van der Waals surface area contributed by atoms with E-state index in [4.69, 9.17) is 16.3 Å². The zero-order chi connectivity index (χ0) is 22.7. The lowest BCUT2D eigenvalue weighted by Crippen LogP contribution is -2.29. The van der Waals surface area contributed by atoms with E-state index in [1.807, 2.05) is 12.1 Å². The Morgan fingerprint density at radius 3 is 2.78 bits per heavy atom. The number of aromatic nitrogens is 3. The maximum Gasteiger partial charge on any atom is 0.338 e. The molecule has 0 aliphatic carbocycles. The smallest absolute Gasteiger partial charge is 0.338 e. The molecule has 0 saturated carbocycles. The number of halogens is 2. The summed E-state index contributed by atoms with van der Waals surface area (Å²) >= 11 is 7.38. The molecule has 0 amide bonds. The van der Waals surface area contributed by atoms with E-state index < -0.39 is 12.0 Å². The van der Waals surface area contributed by atoms with Crippen molar-refractivity contribution in [3.8, 4) is 0 Å². The Morgan fingerprint density at radius 1 is 1.31 bits per heavy atom. The van der Waals surface area contributed by atoms with Crippen LogP contribution in [0.5, 0.6) is 0 Å². The monoisotopic (exact) mass is 470 g/mol. The van der Waals surface area contributed by atoms with Gasteiger partial charge in [-0.2, -0.15) is 4.98 Å². The van der Waals surface area contributed by atoms with E-state index in [-0.39, 0.29) is 12.4 Å². The zero-order valence-electron chi connectivity index (χ0n) is 17.2. The molecule has 1 aliphatic heterocycles. The Labute approximate surface area is 194 Å². The molecule has 1 aromatic heterocycles. The van der Waals surface area contributed by atoms with Gasteiger partial charge in [-0.3, -0.25) is 0 Å². The number of esters is 1. The molecule has 2 heterocycles. The minimum absolute atomic E-state index is 0.0942. The molecule has 4 rings (SSSR count). The van der Waals surface area contributed by atoms with E-state index in [2.05, 4.69) is 22.0 Å². The van der Waals surface area contributed by atoms with Crippen molar-refractivity contribution < 1.29 is 13.9 Å². The van der Waals surface area contributed by atoms with Crippen molar-refractivity contribution in [2.45, 2.75) is 23.9 Å². The van der Waals surface area contributed by atoms with Gasteiger partial charge in [0.2, 0.25) is 11.1 Å². The van der Waals surface area contributed by atoms with Gasteiger partial charge in [0.05, 0.1) is 5.57 Å². The maximum absolute atomic E-state index is 14.0. The Balaban J connectivity index is 1.69. The van der Waals surface area contributed by atoms with Crippen LogP contribution in [0.1, 0.15) is 24.1 Å². The van der Waals surface area contributed by atoms with Gasteiger partial charge in [-0.05, 0) is 36.2 Å². The molecule has 164 valence electrons. The van der Waals surface area contributed by atoms with E-state index >= 15 is 0 Å². The van der Waals surface area contributed by atoms with E-state index in [1.165, 1.54) is 23.9 Å². The van der Waals surface area contributed by atoms with Crippen LogP contribution < -0.4 is 5.32 Å². The number of thioether (sulfide) groups is 1. The van der Waals surface area contributed by atoms with Crippen molar-refractivity contribution in [3.63, 3.8) is 0 Å². The summed E-state index contributed by atoms with van der Waals surface area (Å²) in [5.74, 6) is 0.115. The van der Waals surface area contributed by atoms with Gasteiger partial charge in [-0.15, -0.1) is 5.10 Å². The van der Waals surface area contributed by atoms with Gasteiger partial charge in [0, 0.05) is 16.5 Å². The third-order valence-electron chi connectivity index (χ3n) is 4.89. The molecule has 6 nitrogen and oxygen atoms in total. The van der Waals surface area contributed by atoms with E-state index in [1.54, 1.807) is 41.9 Å². The minimum Gasteiger partial charge on any atom is -0.458 e. The van der Waals surface area contributed by atoms with Crippen LogP contribution in [0.3, 0.4) is 0 Å². The third-order valence-corrected chi connectivity index (χ3v) is 6.02. The predicted molar refractivity (Wildman–Crippen MR) is 123 cm³/mol. The molecule has 3 aromatic rings. The Kier molecular flexibility index (Phi) is 6.62. The first-order chi connectivity index (χ1) is 15.5. The highest BCUT2D eigenvalue weighted by molar-refractivity contribution is 7.98. The Bertz CT molecular complexity index is 1190. The number of carbonyl (C=O) groups excluding carboxylic acids is 1. The summed E-state index contributed by atoms with van der Waals surface area (Å²) in [5, 5.41) is 8.79. The molecule has 0 bridgehead atoms. The first-order valence-corrected chi connectivity index (χ1v) is 11.2. The van der Waals surface area contributed by atoms with Crippen LogP contribution in [0, 0.1) is 5.82 Å². The first-order valence-electron chi connectivity index (χ1n) is 9.82. The summed E-state index contributed by atoms with van der Waals surface area (Å²) in [7, 11) is 0. The van der Waals surface area contributed by atoms with Crippen LogP contribution in [0.2, 0.25) is 5.02 Å². The lowest BCUT2D eigenvalue weighted by molar-refractivity contribution is -0.138. The maximum atomic E-state index is 14.0. The molecular weight excluding hydrogens is 451 g/mol. The highest BCUT2D eigenvalue weighted by atomic mass is 35.5. The van der Waals surface area contributed by atoms with Crippen molar-refractivity contribution in [1.29, 1.82) is 0 Å². The molecule has 1 atom stereocenters. The van der Waals surface area contributed by atoms with E-state index in [9.17, 15) is 9.18 Å². The number of carbonyl (C=O) groups is 1. The average molecular weight is 471 g/mol. The normalized spacial score (nSPS) is 15.2. The lowest BCUT2D eigenvalue weighted by Gasteiger charge is -2.28. The number of fused-ring (bicyclic) bond motifs is 1. The number of rotatable bonds is 7.